The van der Waals surface area contributed by atoms with Gasteiger partial charge in [-0.15, -0.1) is 0 Å². The third-order valence-electron chi connectivity index (χ3n) is 9.18. The molecule has 6 rings (SSSR count). The zero-order valence-corrected chi connectivity index (χ0v) is 33.6. The van der Waals surface area contributed by atoms with E-state index in [-0.39, 0.29) is 12.1 Å². The van der Waals surface area contributed by atoms with Gasteiger partial charge in [0.1, 0.15) is 12.1 Å². The Morgan fingerprint density at radius 2 is 1.22 bits per heavy atom. The van der Waals surface area contributed by atoms with Crippen molar-refractivity contribution in [3.05, 3.63) is 106 Å². The number of hydrogen-bond acceptors (Lipinski definition) is 6. The summed E-state index contributed by atoms with van der Waals surface area (Å²) < 4.78 is 8.79. The number of carboxylic acid groups (broad SMARTS) is 2. The van der Waals surface area contributed by atoms with Crippen LogP contribution in [0.3, 0.4) is 0 Å². The third kappa shape index (κ3) is 8.55. The number of nitro benzene ring substituents is 1. The highest BCUT2D eigenvalue weighted by Gasteiger charge is 2.25. The molecule has 3 aromatic heterocycles. The van der Waals surface area contributed by atoms with Crippen LogP contribution in [0.2, 0.25) is 0 Å². The zero-order valence-electron chi connectivity index (χ0n) is 28.9. The van der Waals surface area contributed by atoms with Gasteiger partial charge in [-0.25, -0.2) is 0 Å². The quantitative estimate of drug-likeness (QED) is 0.0935. The lowest BCUT2D eigenvalue weighted by molar-refractivity contribution is -0.383. The standard InChI is InChI=1S/C13H14BrN3O4.C13H15BrN2O2.C10H10BrN/c1-6-8(5-9(15)13(18)19)12-10(16(6)2)3-7(14)4-11(12)17(20)21;1-7-10(6-11(15)13(17)18)9-4-3-8(14)5-12(9)16(7)2;1-7-5-8-3-4-9(11)6-10(8)12(7)2/h3-4,9H,5,15H2,1-2H3,(H,18,19);3-5,11H,6,15H2,1-2H3,(H,17,18);3-6H,1-2H3. The first-order chi connectivity index (χ1) is 23.8. The maximum atomic E-state index is 11.3. The number of halogens is 3. The van der Waals surface area contributed by atoms with E-state index in [4.69, 9.17) is 21.7 Å². The van der Waals surface area contributed by atoms with Gasteiger partial charge in [-0.1, -0.05) is 59.9 Å². The van der Waals surface area contributed by atoms with E-state index in [2.05, 4.69) is 95.2 Å². The van der Waals surface area contributed by atoms with E-state index in [1.54, 1.807) is 24.6 Å². The molecule has 0 amide bonds. The summed E-state index contributed by atoms with van der Waals surface area (Å²) in [6.45, 7) is 5.90. The van der Waals surface area contributed by atoms with Crippen molar-refractivity contribution in [1.82, 2.24) is 13.7 Å². The Bertz CT molecular complexity index is 2310. The van der Waals surface area contributed by atoms with Crippen molar-refractivity contribution in [2.75, 3.05) is 0 Å². The molecule has 3 aromatic carbocycles. The fourth-order valence-electron chi connectivity index (χ4n) is 6.04. The second-order valence-corrected chi connectivity index (χ2v) is 15.1. The minimum Gasteiger partial charge on any atom is -0.480 e. The summed E-state index contributed by atoms with van der Waals surface area (Å²) in [4.78, 5) is 32.6. The third-order valence-corrected chi connectivity index (χ3v) is 10.6. The first-order valence-corrected chi connectivity index (χ1v) is 18.0. The van der Waals surface area contributed by atoms with Gasteiger partial charge in [0.15, 0.2) is 0 Å². The summed E-state index contributed by atoms with van der Waals surface area (Å²) in [6.07, 6.45) is 0.390. The molecule has 2 atom stereocenters. The monoisotopic (exact) mass is 888 g/mol. The molecule has 0 saturated heterocycles. The second-order valence-electron chi connectivity index (χ2n) is 12.3. The molecule has 6 N–H and O–H groups in total. The molecule has 3 heterocycles. The van der Waals surface area contributed by atoms with Gasteiger partial charge in [-0.2, -0.15) is 0 Å². The first-order valence-electron chi connectivity index (χ1n) is 15.7. The van der Waals surface area contributed by atoms with Crippen molar-refractivity contribution in [2.24, 2.45) is 32.6 Å². The van der Waals surface area contributed by atoms with Crippen LogP contribution in [0.25, 0.3) is 32.7 Å². The molecular formula is C36H39Br3N6O6. The predicted octanol–water partition coefficient (Wildman–Crippen LogP) is 7.56. The van der Waals surface area contributed by atoms with Crippen LogP contribution in [0, 0.1) is 30.9 Å². The highest BCUT2D eigenvalue weighted by atomic mass is 79.9. The van der Waals surface area contributed by atoms with Crippen LogP contribution in [0.5, 0.6) is 0 Å². The summed E-state index contributed by atoms with van der Waals surface area (Å²) in [5.74, 6) is -2.10. The van der Waals surface area contributed by atoms with Gasteiger partial charge in [0.05, 0.1) is 15.8 Å². The average molecular weight is 891 g/mol. The SMILES string of the molecule is Cc1c(CC(N)C(=O)O)c2c([N+](=O)[O-])cc(Br)cc2n1C.Cc1c(CC(N)C(=O)O)c2ccc(Br)cc2n1C.Cc1cc2ccc(Br)cc2n1C. The maximum Gasteiger partial charge on any atom is 0.320 e. The predicted molar refractivity (Wildman–Crippen MR) is 211 cm³/mol. The van der Waals surface area contributed by atoms with Crippen LogP contribution in [0.15, 0.2) is 68.0 Å². The summed E-state index contributed by atoms with van der Waals surface area (Å²) >= 11 is 10.2. The van der Waals surface area contributed by atoms with E-state index in [1.807, 2.05) is 32.2 Å². The molecule has 12 nitrogen and oxygen atoms in total. The number of aliphatic carboxylic acids is 2. The van der Waals surface area contributed by atoms with Crippen molar-refractivity contribution in [3.63, 3.8) is 0 Å². The van der Waals surface area contributed by atoms with E-state index in [1.165, 1.54) is 22.7 Å². The molecule has 0 bridgehead atoms. The van der Waals surface area contributed by atoms with E-state index in [0.29, 0.717) is 27.4 Å². The Hall–Kier alpha value is -4.02. The van der Waals surface area contributed by atoms with Crippen LogP contribution in [-0.2, 0) is 43.6 Å². The average Bonchev–Trinajstić information content (AvgIpc) is 3.58. The number of aryl methyl sites for hydroxylation is 4. The normalized spacial score (nSPS) is 12.3. The Balaban J connectivity index is 0.000000177. The number of fused-ring (bicyclic) bond motifs is 3. The number of hydrogen-bond donors (Lipinski definition) is 4. The minimum absolute atomic E-state index is 0.0426. The van der Waals surface area contributed by atoms with Crippen molar-refractivity contribution < 1.29 is 24.7 Å². The molecule has 0 radical (unpaired) electrons. The number of carbonyl (C=O) groups is 2. The molecule has 0 fully saturated rings. The summed E-state index contributed by atoms with van der Waals surface area (Å²) in [5, 5.41) is 32.0. The van der Waals surface area contributed by atoms with E-state index in [0.717, 1.165) is 36.8 Å². The summed E-state index contributed by atoms with van der Waals surface area (Å²) in [5.41, 5.74) is 18.9. The van der Waals surface area contributed by atoms with Crippen LogP contribution in [-0.4, -0.2) is 52.9 Å². The van der Waals surface area contributed by atoms with E-state index >= 15 is 0 Å². The van der Waals surface area contributed by atoms with Gasteiger partial charge in [-0.3, -0.25) is 19.7 Å². The van der Waals surface area contributed by atoms with Gasteiger partial charge >= 0.3 is 11.9 Å². The topological polar surface area (TPSA) is 185 Å². The van der Waals surface area contributed by atoms with Gasteiger partial charge in [0.2, 0.25) is 0 Å². The molecule has 6 aromatic rings. The molecular weight excluding hydrogens is 852 g/mol. The van der Waals surface area contributed by atoms with Crippen molar-refractivity contribution in [1.29, 1.82) is 0 Å². The fraction of sp³-hybridized carbons (Fsp3) is 0.278. The zero-order chi connectivity index (χ0) is 38.1. The van der Waals surface area contributed by atoms with Crippen molar-refractivity contribution >= 4 is 98.1 Å². The summed E-state index contributed by atoms with van der Waals surface area (Å²) in [6, 6.07) is 15.7. The molecule has 0 aliphatic heterocycles. The number of nitrogens with zero attached hydrogens (tertiary/aromatic N) is 4. The molecule has 51 heavy (non-hydrogen) atoms. The molecule has 0 spiro atoms. The van der Waals surface area contributed by atoms with Gasteiger partial charge < -0.3 is 35.4 Å². The molecule has 15 heteroatoms. The number of carboxylic acids is 2. The van der Waals surface area contributed by atoms with E-state index in [9.17, 15) is 19.7 Å². The Morgan fingerprint density at radius 3 is 1.78 bits per heavy atom. The lowest BCUT2D eigenvalue weighted by atomic mass is 10.0. The van der Waals surface area contributed by atoms with Crippen molar-refractivity contribution in [3.8, 4) is 0 Å². The maximum absolute atomic E-state index is 11.3. The smallest absolute Gasteiger partial charge is 0.320 e. The number of non-ortho nitro benzene ring substituents is 1. The fourth-order valence-corrected chi connectivity index (χ4v) is 7.17. The van der Waals surface area contributed by atoms with Gasteiger partial charge in [-0.05, 0) is 73.7 Å². The lowest BCUT2D eigenvalue weighted by Crippen LogP contribution is -2.32. The molecule has 0 saturated carbocycles. The largest absolute Gasteiger partial charge is 0.480 e. The number of rotatable bonds is 7. The van der Waals surface area contributed by atoms with Crippen LogP contribution in [0.4, 0.5) is 5.69 Å². The number of nitrogens with two attached hydrogens (primary N) is 2. The van der Waals surface area contributed by atoms with Gasteiger partial charge in [0, 0.05) is 87.0 Å². The molecule has 0 aliphatic carbocycles. The van der Waals surface area contributed by atoms with Gasteiger partial charge in [0.25, 0.3) is 5.69 Å². The Kier molecular flexibility index (Phi) is 12.6. The highest BCUT2D eigenvalue weighted by molar-refractivity contribution is 9.11. The lowest BCUT2D eigenvalue weighted by Gasteiger charge is -2.07. The number of benzene rings is 3. The van der Waals surface area contributed by atoms with Crippen molar-refractivity contribution in [2.45, 2.75) is 45.7 Å². The van der Waals surface area contributed by atoms with Crippen LogP contribution in [0.1, 0.15) is 28.2 Å². The first kappa shape index (κ1) is 39.8. The number of nitro groups is 1. The number of aromatic nitrogens is 3. The molecule has 2 unspecified atom stereocenters. The molecule has 270 valence electrons. The van der Waals surface area contributed by atoms with Crippen LogP contribution < -0.4 is 11.5 Å². The second kappa shape index (κ2) is 16.1. The van der Waals surface area contributed by atoms with E-state index < -0.39 is 28.9 Å². The Labute approximate surface area is 319 Å². The summed E-state index contributed by atoms with van der Waals surface area (Å²) in [7, 11) is 5.84. The molecule has 0 aliphatic rings. The van der Waals surface area contributed by atoms with Crippen LogP contribution >= 0.6 is 47.8 Å². The Morgan fingerprint density at radius 1 is 0.725 bits per heavy atom. The highest BCUT2D eigenvalue weighted by Crippen LogP contribution is 2.36. The minimum atomic E-state index is -1.13.